The molecule has 0 aromatic carbocycles. The quantitative estimate of drug-likeness (QED) is 0.865. The first kappa shape index (κ1) is 12.2. The molecule has 4 heteroatoms. The van der Waals surface area contributed by atoms with E-state index in [9.17, 15) is 0 Å². The number of anilines is 1. The molecule has 0 saturated carbocycles. The van der Waals surface area contributed by atoms with Gasteiger partial charge in [-0.3, -0.25) is 4.90 Å². The second-order valence-corrected chi connectivity index (χ2v) is 4.60. The predicted octanol–water partition coefficient (Wildman–Crippen LogP) is 1.84. The zero-order valence-electron chi connectivity index (χ0n) is 10.5. The van der Waals surface area contributed by atoms with Crippen molar-refractivity contribution in [2.45, 2.75) is 26.2 Å². The molecule has 0 spiro atoms. The number of pyridine rings is 1. The highest BCUT2D eigenvalue weighted by Gasteiger charge is 2.10. The molecule has 0 amide bonds. The van der Waals surface area contributed by atoms with Crippen molar-refractivity contribution >= 4 is 5.69 Å². The smallest absolute Gasteiger partial charge is 0.237 e. The van der Waals surface area contributed by atoms with Crippen LogP contribution in [0.3, 0.4) is 0 Å². The summed E-state index contributed by atoms with van der Waals surface area (Å²) in [6, 6.07) is 3.74. The van der Waals surface area contributed by atoms with Crippen molar-refractivity contribution in [3.8, 4) is 5.88 Å². The molecule has 2 rings (SSSR count). The predicted molar refractivity (Wildman–Crippen MR) is 69.2 cm³/mol. The topological polar surface area (TPSA) is 51.4 Å². The number of hydrogen-bond acceptors (Lipinski definition) is 4. The van der Waals surface area contributed by atoms with Crippen molar-refractivity contribution in [1.29, 1.82) is 0 Å². The second-order valence-electron chi connectivity index (χ2n) is 4.60. The molecule has 1 aliphatic rings. The molecule has 0 radical (unpaired) electrons. The van der Waals surface area contributed by atoms with Crippen LogP contribution < -0.4 is 10.5 Å². The Labute approximate surface area is 103 Å². The fraction of sp³-hybridized carbons (Fsp3) is 0.615. The molecule has 1 saturated heterocycles. The van der Waals surface area contributed by atoms with Gasteiger partial charge in [0.05, 0.1) is 5.69 Å². The summed E-state index contributed by atoms with van der Waals surface area (Å²) in [5.74, 6) is 0.571. The van der Waals surface area contributed by atoms with Gasteiger partial charge in [0, 0.05) is 12.2 Å². The molecule has 94 valence electrons. The Bertz CT molecular complexity index is 362. The van der Waals surface area contributed by atoms with Crippen LogP contribution in [-0.2, 0) is 0 Å². The molecular weight excluding hydrogens is 214 g/mol. The minimum atomic E-state index is 0.571. The molecule has 0 bridgehead atoms. The number of rotatable bonds is 4. The number of aromatic nitrogens is 1. The number of ether oxygens (including phenoxy) is 1. The highest BCUT2D eigenvalue weighted by molar-refractivity contribution is 5.48. The largest absolute Gasteiger partial charge is 0.475 e. The van der Waals surface area contributed by atoms with Crippen LogP contribution in [0, 0.1) is 6.92 Å². The lowest BCUT2D eigenvalue weighted by molar-refractivity contribution is 0.181. The van der Waals surface area contributed by atoms with Gasteiger partial charge in [-0.1, -0.05) is 6.42 Å². The third kappa shape index (κ3) is 3.60. The van der Waals surface area contributed by atoms with Crippen LogP contribution in [0.4, 0.5) is 5.69 Å². The highest BCUT2D eigenvalue weighted by atomic mass is 16.5. The Hall–Kier alpha value is -1.29. The van der Waals surface area contributed by atoms with Crippen LogP contribution in [0.15, 0.2) is 12.1 Å². The lowest BCUT2D eigenvalue weighted by Crippen LogP contribution is -2.33. The van der Waals surface area contributed by atoms with E-state index in [2.05, 4.69) is 9.88 Å². The van der Waals surface area contributed by atoms with Crippen LogP contribution in [0.2, 0.25) is 0 Å². The standard InChI is InChI=1S/C13H21N3O/c1-11-5-6-12(14)13(15-11)17-10-9-16-7-3-2-4-8-16/h5-6H,2-4,7-10,14H2,1H3. The van der Waals surface area contributed by atoms with Crippen LogP contribution in [-0.4, -0.2) is 36.1 Å². The molecule has 4 nitrogen and oxygen atoms in total. The maximum Gasteiger partial charge on any atom is 0.237 e. The molecule has 1 fully saturated rings. The SMILES string of the molecule is Cc1ccc(N)c(OCCN2CCCCC2)n1. The number of piperidine rings is 1. The zero-order chi connectivity index (χ0) is 12.1. The molecular formula is C13H21N3O. The van der Waals surface area contributed by atoms with Crippen molar-refractivity contribution in [2.24, 2.45) is 0 Å². The molecule has 2 N–H and O–H groups in total. The molecule has 1 aromatic rings. The lowest BCUT2D eigenvalue weighted by Gasteiger charge is -2.26. The summed E-state index contributed by atoms with van der Waals surface area (Å²) in [6.07, 6.45) is 3.99. The van der Waals surface area contributed by atoms with Gasteiger partial charge in [0.15, 0.2) is 0 Å². The normalized spacial score (nSPS) is 17.0. The Morgan fingerprint density at radius 3 is 2.82 bits per heavy atom. The van der Waals surface area contributed by atoms with Crippen molar-refractivity contribution in [2.75, 3.05) is 32.0 Å². The monoisotopic (exact) mass is 235 g/mol. The van der Waals surface area contributed by atoms with Gasteiger partial charge in [-0.2, -0.15) is 0 Å². The van der Waals surface area contributed by atoms with Gasteiger partial charge in [0.2, 0.25) is 5.88 Å². The molecule has 0 atom stereocenters. The summed E-state index contributed by atoms with van der Waals surface area (Å²) in [5, 5.41) is 0. The van der Waals surface area contributed by atoms with Gasteiger partial charge in [-0.15, -0.1) is 0 Å². The van der Waals surface area contributed by atoms with E-state index < -0.39 is 0 Å². The summed E-state index contributed by atoms with van der Waals surface area (Å²) in [7, 11) is 0. The number of aryl methyl sites for hydroxylation is 1. The lowest BCUT2D eigenvalue weighted by atomic mass is 10.1. The van der Waals surface area contributed by atoms with E-state index in [1.54, 1.807) is 0 Å². The molecule has 0 aliphatic carbocycles. The average Bonchev–Trinajstić information content (AvgIpc) is 2.35. The van der Waals surface area contributed by atoms with Gasteiger partial charge in [-0.05, 0) is 45.0 Å². The molecule has 1 aliphatic heterocycles. The summed E-state index contributed by atoms with van der Waals surface area (Å²) in [6.45, 7) is 5.97. The third-order valence-electron chi connectivity index (χ3n) is 3.12. The maximum absolute atomic E-state index is 5.81. The first-order valence-corrected chi connectivity index (χ1v) is 6.34. The first-order chi connectivity index (χ1) is 8.25. The summed E-state index contributed by atoms with van der Waals surface area (Å²) >= 11 is 0. The van der Waals surface area contributed by atoms with E-state index >= 15 is 0 Å². The molecule has 0 unspecified atom stereocenters. The number of likely N-dealkylation sites (tertiary alicyclic amines) is 1. The van der Waals surface area contributed by atoms with Crippen LogP contribution in [0.25, 0.3) is 0 Å². The van der Waals surface area contributed by atoms with Crippen molar-refractivity contribution in [1.82, 2.24) is 9.88 Å². The third-order valence-corrected chi connectivity index (χ3v) is 3.12. The van der Waals surface area contributed by atoms with E-state index in [0.717, 1.165) is 12.2 Å². The number of nitrogens with zero attached hydrogens (tertiary/aromatic N) is 2. The molecule has 2 heterocycles. The van der Waals surface area contributed by atoms with Crippen molar-refractivity contribution in [3.63, 3.8) is 0 Å². The van der Waals surface area contributed by atoms with E-state index in [1.165, 1.54) is 32.4 Å². The van der Waals surface area contributed by atoms with E-state index in [1.807, 2.05) is 19.1 Å². The Kier molecular flexibility index (Phi) is 4.20. The minimum absolute atomic E-state index is 0.571. The second kappa shape index (κ2) is 5.87. The van der Waals surface area contributed by atoms with Crippen molar-refractivity contribution in [3.05, 3.63) is 17.8 Å². The Balaban J connectivity index is 1.79. The highest BCUT2D eigenvalue weighted by Crippen LogP contribution is 2.18. The Morgan fingerprint density at radius 2 is 2.06 bits per heavy atom. The van der Waals surface area contributed by atoms with Gasteiger partial charge < -0.3 is 10.5 Å². The first-order valence-electron chi connectivity index (χ1n) is 6.34. The average molecular weight is 235 g/mol. The summed E-state index contributed by atoms with van der Waals surface area (Å²) in [4.78, 5) is 6.73. The fourth-order valence-corrected chi connectivity index (χ4v) is 2.11. The van der Waals surface area contributed by atoms with E-state index in [4.69, 9.17) is 10.5 Å². The Morgan fingerprint density at radius 1 is 1.29 bits per heavy atom. The summed E-state index contributed by atoms with van der Waals surface area (Å²) < 4.78 is 5.64. The minimum Gasteiger partial charge on any atom is -0.475 e. The van der Waals surface area contributed by atoms with Gasteiger partial charge in [0.1, 0.15) is 6.61 Å². The number of hydrogen-bond donors (Lipinski definition) is 1. The molecule has 17 heavy (non-hydrogen) atoms. The summed E-state index contributed by atoms with van der Waals surface area (Å²) in [5.41, 5.74) is 7.36. The van der Waals surface area contributed by atoms with E-state index in [0.29, 0.717) is 18.2 Å². The van der Waals surface area contributed by atoms with Crippen LogP contribution in [0.1, 0.15) is 25.0 Å². The van der Waals surface area contributed by atoms with Gasteiger partial charge >= 0.3 is 0 Å². The van der Waals surface area contributed by atoms with Gasteiger partial charge in [-0.25, -0.2) is 4.98 Å². The van der Waals surface area contributed by atoms with Crippen LogP contribution >= 0.6 is 0 Å². The van der Waals surface area contributed by atoms with Crippen molar-refractivity contribution < 1.29 is 4.74 Å². The van der Waals surface area contributed by atoms with E-state index in [-0.39, 0.29) is 0 Å². The molecule has 1 aromatic heterocycles. The maximum atomic E-state index is 5.81. The number of nitrogen functional groups attached to an aromatic ring is 1. The fourth-order valence-electron chi connectivity index (χ4n) is 2.11. The van der Waals surface area contributed by atoms with Gasteiger partial charge in [0.25, 0.3) is 0 Å². The zero-order valence-corrected chi connectivity index (χ0v) is 10.5. The number of nitrogens with two attached hydrogens (primary N) is 1. The van der Waals surface area contributed by atoms with Crippen LogP contribution in [0.5, 0.6) is 5.88 Å².